The summed E-state index contributed by atoms with van der Waals surface area (Å²) in [7, 11) is 0. The number of nitrogens with two attached hydrogens (primary N) is 1. The average Bonchev–Trinajstić information content (AvgIpc) is 2.28. The highest BCUT2D eigenvalue weighted by molar-refractivity contribution is 5.76. The first-order valence-electron chi connectivity index (χ1n) is 4.82. The third-order valence-corrected chi connectivity index (χ3v) is 2.04. The van der Waals surface area contributed by atoms with E-state index in [-0.39, 0.29) is 6.61 Å². The molecule has 15 heavy (non-hydrogen) atoms. The van der Waals surface area contributed by atoms with Crippen LogP contribution in [0.5, 0.6) is 0 Å². The number of ether oxygens (including phenoxy) is 1. The van der Waals surface area contributed by atoms with Crippen LogP contribution in [-0.4, -0.2) is 23.7 Å². The lowest BCUT2D eigenvalue weighted by molar-refractivity contribution is -0.147. The van der Waals surface area contributed by atoms with Crippen molar-refractivity contribution in [1.29, 1.82) is 0 Å². The van der Waals surface area contributed by atoms with E-state index in [1.165, 1.54) is 0 Å². The zero-order chi connectivity index (χ0) is 11.3. The van der Waals surface area contributed by atoms with E-state index in [0.717, 1.165) is 0 Å². The second-order valence-electron chi connectivity index (χ2n) is 3.13. The number of hydrogen-bond acceptors (Lipinski definition) is 4. The topological polar surface area (TPSA) is 72.5 Å². The van der Waals surface area contributed by atoms with Gasteiger partial charge in [-0.3, -0.25) is 4.79 Å². The van der Waals surface area contributed by atoms with E-state index >= 15 is 0 Å². The van der Waals surface area contributed by atoms with Crippen LogP contribution in [0.1, 0.15) is 18.6 Å². The van der Waals surface area contributed by atoms with Gasteiger partial charge in [0, 0.05) is 0 Å². The molecule has 1 aromatic rings. The highest BCUT2D eigenvalue weighted by Gasteiger charge is 2.24. The van der Waals surface area contributed by atoms with Gasteiger partial charge >= 0.3 is 5.97 Å². The molecule has 0 amide bonds. The maximum Gasteiger partial charge on any atom is 0.325 e. The van der Waals surface area contributed by atoms with Crippen molar-refractivity contribution in [3.05, 3.63) is 35.9 Å². The molecule has 0 aliphatic carbocycles. The summed E-state index contributed by atoms with van der Waals surface area (Å²) in [5.41, 5.74) is 6.16. The van der Waals surface area contributed by atoms with E-state index < -0.39 is 18.1 Å². The average molecular weight is 209 g/mol. The number of rotatable bonds is 4. The molecule has 82 valence electrons. The summed E-state index contributed by atoms with van der Waals surface area (Å²) >= 11 is 0. The quantitative estimate of drug-likeness (QED) is 0.713. The van der Waals surface area contributed by atoms with Gasteiger partial charge < -0.3 is 15.6 Å². The second-order valence-corrected chi connectivity index (χ2v) is 3.13. The van der Waals surface area contributed by atoms with E-state index in [1.807, 2.05) is 6.07 Å². The lowest BCUT2D eigenvalue weighted by atomic mass is 10.0. The van der Waals surface area contributed by atoms with Gasteiger partial charge in [-0.15, -0.1) is 0 Å². The van der Waals surface area contributed by atoms with Crippen LogP contribution in [0.15, 0.2) is 30.3 Å². The van der Waals surface area contributed by atoms with E-state index in [2.05, 4.69) is 0 Å². The molecule has 0 aliphatic heterocycles. The molecule has 0 spiro atoms. The summed E-state index contributed by atoms with van der Waals surface area (Å²) in [6, 6.07) is 7.76. The smallest absolute Gasteiger partial charge is 0.325 e. The van der Waals surface area contributed by atoms with Crippen molar-refractivity contribution in [2.75, 3.05) is 6.61 Å². The van der Waals surface area contributed by atoms with Crippen LogP contribution in [0.4, 0.5) is 0 Å². The van der Waals surface area contributed by atoms with Crippen LogP contribution in [0.3, 0.4) is 0 Å². The van der Waals surface area contributed by atoms with Crippen molar-refractivity contribution in [3.8, 4) is 0 Å². The van der Waals surface area contributed by atoms with E-state index in [4.69, 9.17) is 10.5 Å². The third kappa shape index (κ3) is 3.04. The van der Waals surface area contributed by atoms with Gasteiger partial charge in [0.25, 0.3) is 0 Å². The highest BCUT2D eigenvalue weighted by atomic mass is 16.5. The summed E-state index contributed by atoms with van der Waals surface area (Å²) in [6.45, 7) is 1.95. The van der Waals surface area contributed by atoms with Gasteiger partial charge in [0.2, 0.25) is 0 Å². The Morgan fingerprint density at radius 3 is 2.60 bits per heavy atom. The fraction of sp³-hybridized carbons (Fsp3) is 0.364. The van der Waals surface area contributed by atoms with Crippen LogP contribution in [0.2, 0.25) is 0 Å². The van der Waals surface area contributed by atoms with Crippen LogP contribution < -0.4 is 5.73 Å². The van der Waals surface area contributed by atoms with Gasteiger partial charge in [0.1, 0.15) is 12.1 Å². The van der Waals surface area contributed by atoms with Crippen molar-refractivity contribution in [1.82, 2.24) is 0 Å². The molecule has 3 N–H and O–H groups in total. The summed E-state index contributed by atoms with van der Waals surface area (Å²) in [5.74, 6) is -0.589. The molecule has 0 unspecified atom stereocenters. The molecule has 4 nitrogen and oxygen atoms in total. The van der Waals surface area contributed by atoms with Crippen molar-refractivity contribution < 1.29 is 14.6 Å². The molecule has 0 fully saturated rings. The van der Waals surface area contributed by atoms with Crippen LogP contribution >= 0.6 is 0 Å². The molecule has 2 atom stereocenters. The molecule has 0 aromatic heterocycles. The standard InChI is InChI=1S/C11H15NO3/c1-2-15-11(14)9(12)10(13)8-6-4-3-5-7-8/h3-7,9-10,13H,2,12H2,1H3/t9-,10-/m1/s1. The maximum absolute atomic E-state index is 11.3. The largest absolute Gasteiger partial charge is 0.465 e. The van der Waals surface area contributed by atoms with Gasteiger partial charge in [-0.25, -0.2) is 0 Å². The minimum atomic E-state index is -1.03. The SMILES string of the molecule is CCOC(=O)[C@H](N)[C@H](O)c1ccccc1. The molecule has 0 aliphatic rings. The van der Waals surface area contributed by atoms with Crippen LogP contribution in [0, 0.1) is 0 Å². The van der Waals surface area contributed by atoms with Crippen LogP contribution in [-0.2, 0) is 9.53 Å². The number of carbonyl (C=O) groups excluding carboxylic acids is 1. The molecule has 0 saturated carbocycles. The molecule has 4 heteroatoms. The summed E-state index contributed by atoms with van der Waals surface area (Å²) in [6.07, 6.45) is -1.02. The van der Waals surface area contributed by atoms with Crippen LogP contribution in [0.25, 0.3) is 0 Å². The Balaban J connectivity index is 2.68. The number of aliphatic hydroxyl groups is 1. The molecule has 0 radical (unpaired) electrons. The Labute approximate surface area is 88.7 Å². The summed E-state index contributed by atoms with van der Waals surface area (Å²) in [4.78, 5) is 11.3. The predicted octanol–water partition coefficient (Wildman–Crippen LogP) is 0.610. The first-order valence-corrected chi connectivity index (χ1v) is 4.82. The molecular formula is C11H15NO3. The Bertz CT molecular complexity index is 313. The number of benzene rings is 1. The van der Waals surface area contributed by atoms with Gasteiger partial charge in [0.15, 0.2) is 0 Å². The Morgan fingerprint density at radius 1 is 1.47 bits per heavy atom. The highest BCUT2D eigenvalue weighted by Crippen LogP contribution is 2.15. The molecule has 0 saturated heterocycles. The van der Waals surface area contributed by atoms with Crippen molar-refractivity contribution >= 4 is 5.97 Å². The Morgan fingerprint density at radius 2 is 2.07 bits per heavy atom. The fourth-order valence-electron chi connectivity index (χ4n) is 1.22. The van der Waals surface area contributed by atoms with E-state index in [1.54, 1.807) is 31.2 Å². The molecule has 0 heterocycles. The first-order chi connectivity index (χ1) is 7.16. The number of carbonyl (C=O) groups is 1. The fourth-order valence-corrected chi connectivity index (χ4v) is 1.22. The maximum atomic E-state index is 11.3. The van der Waals surface area contributed by atoms with Gasteiger partial charge in [-0.05, 0) is 12.5 Å². The number of aliphatic hydroxyl groups excluding tert-OH is 1. The minimum absolute atomic E-state index is 0.258. The predicted molar refractivity (Wildman–Crippen MR) is 56.0 cm³/mol. The van der Waals surface area contributed by atoms with E-state index in [0.29, 0.717) is 5.56 Å². The van der Waals surface area contributed by atoms with Gasteiger partial charge in [-0.2, -0.15) is 0 Å². The van der Waals surface area contributed by atoms with E-state index in [9.17, 15) is 9.90 Å². The minimum Gasteiger partial charge on any atom is -0.465 e. The monoisotopic (exact) mass is 209 g/mol. The Kier molecular flexibility index (Phi) is 4.27. The van der Waals surface area contributed by atoms with Crippen molar-refractivity contribution in [2.24, 2.45) is 5.73 Å². The first kappa shape index (κ1) is 11.7. The van der Waals surface area contributed by atoms with Crippen molar-refractivity contribution in [2.45, 2.75) is 19.1 Å². The second kappa shape index (κ2) is 5.48. The van der Waals surface area contributed by atoms with Gasteiger partial charge in [-0.1, -0.05) is 30.3 Å². The summed E-state index contributed by atoms with van der Waals surface area (Å²) < 4.78 is 4.72. The molecule has 1 aromatic carbocycles. The number of esters is 1. The summed E-state index contributed by atoms with van der Waals surface area (Å²) in [5, 5.41) is 9.76. The van der Waals surface area contributed by atoms with Crippen molar-refractivity contribution in [3.63, 3.8) is 0 Å². The lowest BCUT2D eigenvalue weighted by Gasteiger charge is -2.17. The molecule has 1 rings (SSSR count). The molecular weight excluding hydrogens is 194 g/mol. The zero-order valence-corrected chi connectivity index (χ0v) is 8.59. The van der Waals surface area contributed by atoms with Gasteiger partial charge in [0.05, 0.1) is 6.61 Å². The third-order valence-electron chi connectivity index (χ3n) is 2.04. The Hall–Kier alpha value is -1.39. The molecule has 0 bridgehead atoms. The number of hydrogen-bond donors (Lipinski definition) is 2. The zero-order valence-electron chi connectivity index (χ0n) is 8.59. The normalized spacial score (nSPS) is 14.3. The lowest BCUT2D eigenvalue weighted by Crippen LogP contribution is -2.38.